The number of nitrogens with zero attached hydrogens (tertiary/aromatic N) is 4. The number of para-hydroxylation sites is 2. The third-order valence-electron chi connectivity index (χ3n) is 10.8. The highest BCUT2D eigenvalue weighted by Crippen LogP contribution is 2.42. The van der Waals surface area contributed by atoms with Crippen molar-refractivity contribution in [2.24, 2.45) is 0 Å². The molecular formula is C51H32N4O. The van der Waals surface area contributed by atoms with Gasteiger partial charge in [-0.2, -0.15) is 0 Å². The highest BCUT2D eigenvalue weighted by molar-refractivity contribution is 6.07. The van der Waals surface area contributed by atoms with Crippen LogP contribution in [0.2, 0.25) is 0 Å². The Labute approximate surface area is 323 Å². The first kappa shape index (κ1) is 31.9. The smallest absolute Gasteiger partial charge is 0.164 e. The van der Waals surface area contributed by atoms with E-state index in [0.29, 0.717) is 17.5 Å². The molecule has 5 heteroatoms. The first-order chi connectivity index (χ1) is 27.7. The fourth-order valence-electron chi connectivity index (χ4n) is 8.19. The van der Waals surface area contributed by atoms with Gasteiger partial charge in [-0.1, -0.05) is 121 Å². The van der Waals surface area contributed by atoms with Crippen molar-refractivity contribution in [3.63, 3.8) is 0 Å². The number of hydrogen-bond acceptors (Lipinski definition) is 4. The van der Waals surface area contributed by atoms with Crippen molar-refractivity contribution >= 4 is 44.5 Å². The number of benzene rings is 6. The van der Waals surface area contributed by atoms with Crippen molar-refractivity contribution in [1.82, 2.24) is 19.5 Å². The summed E-state index contributed by atoms with van der Waals surface area (Å²) in [7, 11) is 0. The third-order valence-corrected chi connectivity index (χ3v) is 10.8. The quantitative estimate of drug-likeness (QED) is 0.172. The number of furan rings is 1. The molecule has 0 fully saturated rings. The zero-order valence-corrected chi connectivity index (χ0v) is 30.3. The summed E-state index contributed by atoms with van der Waals surface area (Å²) >= 11 is 0. The van der Waals surface area contributed by atoms with E-state index in [9.17, 15) is 0 Å². The number of aromatic nitrogens is 4. The Balaban J connectivity index is 1.08. The van der Waals surface area contributed by atoms with Crippen LogP contribution in [0.15, 0.2) is 168 Å². The maximum Gasteiger partial charge on any atom is 0.164 e. The molecule has 10 aromatic rings. The van der Waals surface area contributed by atoms with Gasteiger partial charge in [0.2, 0.25) is 0 Å². The molecule has 3 heterocycles. The zero-order chi connectivity index (χ0) is 37.0. The molecule has 0 saturated carbocycles. The Hall–Kier alpha value is -7.55. The summed E-state index contributed by atoms with van der Waals surface area (Å²) in [6, 6.07) is 63.0. The summed E-state index contributed by atoms with van der Waals surface area (Å²) < 4.78 is 8.61. The summed E-state index contributed by atoms with van der Waals surface area (Å²) in [6.07, 6.45) is 4.21. The van der Waals surface area contributed by atoms with Gasteiger partial charge in [-0.15, -0.1) is 0 Å². The fraction of sp³-hybridized carbons (Fsp3) is 0.0392. The van der Waals surface area contributed by atoms with E-state index in [-0.39, 0.29) is 0 Å². The van der Waals surface area contributed by atoms with Gasteiger partial charge in [-0.3, -0.25) is 0 Å². The van der Waals surface area contributed by atoms with Crippen molar-refractivity contribution in [3.8, 4) is 51.0 Å². The van der Waals surface area contributed by atoms with Gasteiger partial charge in [0.1, 0.15) is 11.2 Å². The van der Waals surface area contributed by atoms with Crippen LogP contribution in [0.25, 0.3) is 95.5 Å². The molecule has 11 rings (SSSR count). The molecule has 56 heavy (non-hydrogen) atoms. The fourth-order valence-corrected chi connectivity index (χ4v) is 8.19. The Morgan fingerprint density at radius 3 is 1.93 bits per heavy atom. The van der Waals surface area contributed by atoms with Crippen molar-refractivity contribution in [2.45, 2.75) is 12.8 Å². The Kier molecular flexibility index (Phi) is 7.46. The van der Waals surface area contributed by atoms with Gasteiger partial charge in [0.25, 0.3) is 0 Å². The molecule has 0 unspecified atom stereocenters. The zero-order valence-electron chi connectivity index (χ0n) is 30.3. The molecule has 262 valence electrons. The molecular weight excluding hydrogens is 685 g/mol. The van der Waals surface area contributed by atoms with Crippen LogP contribution in [0.3, 0.4) is 0 Å². The molecule has 5 nitrogen and oxygen atoms in total. The standard InChI is InChI=1S/C51H32N4O/c1-4-14-33(15-5-1)41-32-38(51-53-49(34-16-6-2-7-17-34)52-50(54-51)35-18-8-3-9-19-35)25-28-45(41)55-44-22-12-10-20-39(44)42-30-36(24-27-46(42)55)37-26-29-48-43(31-37)40-21-11-13-23-47(40)56-48/h1-4,6-14,16-23,25-26,28-32H,24,27H2. The number of rotatable bonds is 6. The minimum Gasteiger partial charge on any atom is -0.456 e. The first-order valence-electron chi connectivity index (χ1n) is 18.9. The maximum atomic E-state index is 6.16. The summed E-state index contributed by atoms with van der Waals surface area (Å²) in [5, 5.41) is 3.53. The highest BCUT2D eigenvalue weighted by Gasteiger charge is 2.24. The topological polar surface area (TPSA) is 56.7 Å². The molecule has 0 bridgehead atoms. The summed E-state index contributed by atoms with van der Waals surface area (Å²) in [5.74, 6) is 1.88. The van der Waals surface area contributed by atoms with Gasteiger partial charge >= 0.3 is 0 Å². The van der Waals surface area contributed by atoms with Crippen LogP contribution < -0.4 is 0 Å². The minimum absolute atomic E-state index is 0.611. The van der Waals surface area contributed by atoms with Gasteiger partial charge in [0, 0.05) is 55.2 Å². The highest BCUT2D eigenvalue weighted by atomic mass is 16.3. The second-order valence-electron chi connectivity index (χ2n) is 14.2. The van der Waals surface area contributed by atoms with Crippen molar-refractivity contribution in [3.05, 3.63) is 193 Å². The normalized spacial score (nSPS) is 12.5. The molecule has 3 aromatic heterocycles. The second-order valence-corrected chi connectivity index (χ2v) is 14.2. The van der Waals surface area contributed by atoms with Crippen LogP contribution in [0.1, 0.15) is 23.2 Å². The van der Waals surface area contributed by atoms with Crippen molar-refractivity contribution in [1.29, 1.82) is 0 Å². The second kappa shape index (κ2) is 13.1. The summed E-state index contributed by atoms with van der Waals surface area (Å²) in [4.78, 5) is 15.0. The molecule has 0 radical (unpaired) electrons. The monoisotopic (exact) mass is 716 g/mol. The van der Waals surface area contributed by atoms with Crippen LogP contribution >= 0.6 is 0 Å². The van der Waals surface area contributed by atoms with Crippen LogP contribution in [0.5, 0.6) is 0 Å². The lowest BCUT2D eigenvalue weighted by Crippen LogP contribution is -2.07. The largest absolute Gasteiger partial charge is 0.456 e. The van der Waals surface area contributed by atoms with E-state index in [1.165, 1.54) is 27.8 Å². The average Bonchev–Trinajstić information content (AvgIpc) is 3.82. The van der Waals surface area contributed by atoms with Gasteiger partial charge in [-0.25, -0.2) is 15.0 Å². The summed E-state index contributed by atoms with van der Waals surface area (Å²) in [5.41, 5.74) is 13.9. The first-order valence-corrected chi connectivity index (χ1v) is 18.9. The van der Waals surface area contributed by atoms with Gasteiger partial charge in [0.15, 0.2) is 17.5 Å². The predicted octanol–water partition coefficient (Wildman–Crippen LogP) is 12.5. The Bertz CT molecular complexity index is 3070. The SMILES string of the molecule is c1cccc(-c2cc(-c3nc(-c4ccccc4)nc(-c4ccccc4)n3)ccc2-n2c3c(c4ccccc42)C=C(c2ccc4oc5ccccc5c4c2)CC3)c#1. The van der Waals surface area contributed by atoms with Gasteiger partial charge in [0.05, 0.1) is 11.2 Å². The summed E-state index contributed by atoms with van der Waals surface area (Å²) in [6.45, 7) is 0. The molecule has 1 aliphatic rings. The van der Waals surface area contributed by atoms with Gasteiger partial charge in [-0.05, 0) is 84.7 Å². The molecule has 0 aliphatic heterocycles. The average molecular weight is 717 g/mol. The molecule has 7 aromatic carbocycles. The third kappa shape index (κ3) is 5.39. The van der Waals surface area contributed by atoms with Gasteiger partial charge < -0.3 is 8.98 Å². The molecule has 0 N–H and O–H groups in total. The predicted molar refractivity (Wildman–Crippen MR) is 226 cm³/mol. The Morgan fingerprint density at radius 1 is 0.518 bits per heavy atom. The van der Waals surface area contributed by atoms with E-state index in [0.717, 1.165) is 73.8 Å². The Morgan fingerprint density at radius 2 is 1.18 bits per heavy atom. The maximum absolute atomic E-state index is 6.16. The van der Waals surface area contributed by atoms with Crippen LogP contribution in [-0.4, -0.2) is 19.5 Å². The van der Waals surface area contributed by atoms with Crippen LogP contribution in [0.4, 0.5) is 0 Å². The van der Waals surface area contributed by atoms with E-state index < -0.39 is 0 Å². The number of allylic oxidation sites excluding steroid dienone is 1. The molecule has 0 spiro atoms. The van der Waals surface area contributed by atoms with Crippen LogP contribution in [0, 0.1) is 12.1 Å². The van der Waals surface area contributed by atoms with Crippen LogP contribution in [-0.2, 0) is 6.42 Å². The van der Waals surface area contributed by atoms with E-state index in [1.807, 2.05) is 84.9 Å². The molecule has 0 amide bonds. The van der Waals surface area contributed by atoms with Crippen molar-refractivity contribution in [2.75, 3.05) is 0 Å². The molecule has 0 atom stereocenters. The number of fused-ring (bicyclic) bond motifs is 6. The van der Waals surface area contributed by atoms with E-state index in [1.54, 1.807) is 0 Å². The van der Waals surface area contributed by atoms with E-state index >= 15 is 0 Å². The lowest BCUT2D eigenvalue weighted by Gasteiger charge is -2.20. The van der Waals surface area contributed by atoms with E-state index in [4.69, 9.17) is 19.4 Å². The minimum atomic E-state index is 0.611. The molecule has 0 saturated heterocycles. The lowest BCUT2D eigenvalue weighted by atomic mass is 9.90. The van der Waals surface area contributed by atoms with Crippen molar-refractivity contribution < 1.29 is 4.42 Å². The number of hydrogen-bond donors (Lipinski definition) is 0. The van der Waals surface area contributed by atoms with E-state index in [2.05, 4.69) is 102 Å². The molecule has 1 aliphatic carbocycles. The lowest BCUT2D eigenvalue weighted by molar-refractivity contribution is 0.669.